The summed E-state index contributed by atoms with van der Waals surface area (Å²) >= 11 is 0. The van der Waals surface area contributed by atoms with Gasteiger partial charge in [-0.1, -0.05) is 102 Å². The highest BCUT2D eigenvalue weighted by Crippen LogP contribution is 2.61. The van der Waals surface area contributed by atoms with Gasteiger partial charge in [-0.3, -0.25) is 34.6 Å². The Bertz CT molecular complexity index is 1700. The lowest BCUT2D eigenvalue weighted by molar-refractivity contribution is -0.506. The SMILES string of the molecule is C.C.C.CC=C1C[C@H]2C=CC[C@@H]12.CC[C@@]1(C[N+](=O)[O-])C[C@H]2C=CC[C@H]21.NC[C@]1(CC(=O)O)C[C@H]2CCC[C@H]21.O=C(O)C[C@@]1(C[N+](=O)[O-])C[C@H]2C=CC[C@H]21.O=C1C[C@H]2C=CC[C@@H]12. The van der Waals surface area contributed by atoms with Crippen molar-refractivity contribution in [3.63, 3.8) is 0 Å². The molecule has 0 aliphatic heterocycles. The Balaban J connectivity index is 0.000000204. The molecule has 0 radical (unpaired) electrons. The van der Waals surface area contributed by atoms with Crippen molar-refractivity contribution in [3.8, 4) is 0 Å². The number of fused-ring (bicyclic) bond motifs is 5. The van der Waals surface area contributed by atoms with Crippen LogP contribution in [-0.4, -0.2) is 57.4 Å². The third-order valence-corrected chi connectivity index (χ3v) is 16.3. The second-order valence-electron chi connectivity index (χ2n) is 19.2. The predicted octanol–water partition coefficient (Wildman–Crippen LogP) is 10.4. The first-order chi connectivity index (χ1) is 27.7. The molecule has 0 aromatic rings. The third-order valence-electron chi connectivity index (χ3n) is 16.3. The maximum absolute atomic E-state index is 10.7. The minimum atomic E-state index is -0.929. The number of nitrogens with two attached hydrogens (primary N) is 1. The fraction of sp³-hybridized carbons (Fsp3) is 0.735. The number of carbonyl (C=O) groups excluding carboxylic acids is 1. The van der Waals surface area contributed by atoms with E-state index in [0.29, 0.717) is 54.3 Å². The van der Waals surface area contributed by atoms with Gasteiger partial charge in [-0.15, -0.1) is 0 Å². The number of hydrogen-bond acceptors (Lipinski definition) is 8. The molecule has 0 bridgehead atoms. The van der Waals surface area contributed by atoms with Gasteiger partial charge < -0.3 is 15.9 Å². The Hall–Kier alpha value is -3.93. The second-order valence-corrected chi connectivity index (χ2v) is 19.2. The molecule has 342 valence electrons. The van der Waals surface area contributed by atoms with Crippen LogP contribution in [0.2, 0.25) is 0 Å². The van der Waals surface area contributed by atoms with Crippen LogP contribution in [-0.2, 0) is 14.4 Å². The molecule has 10 rings (SSSR count). The first-order valence-electron chi connectivity index (χ1n) is 21.9. The normalized spacial score (nSPS) is 38.8. The molecular weight excluding hydrogens is 775 g/mol. The molecule has 4 N–H and O–H groups in total. The number of ketones is 1. The average molecular weight is 852 g/mol. The summed E-state index contributed by atoms with van der Waals surface area (Å²) in [5, 5.41) is 38.7. The first-order valence-corrected chi connectivity index (χ1v) is 21.9. The Morgan fingerprint density at radius 2 is 1.21 bits per heavy atom. The van der Waals surface area contributed by atoms with E-state index in [2.05, 4.69) is 62.5 Å². The van der Waals surface area contributed by atoms with Crippen LogP contribution in [0.4, 0.5) is 0 Å². The lowest BCUT2D eigenvalue weighted by atomic mass is 9.53. The van der Waals surface area contributed by atoms with E-state index in [9.17, 15) is 34.6 Å². The molecule has 6 saturated carbocycles. The maximum Gasteiger partial charge on any atom is 0.304 e. The molecule has 61 heavy (non-hydrogen) atoms. The maximum atomic E-state index is 10.7. The van der Waals surface area contributed by atoms with E-state index >= 15 is 0 Å². The Kier molecular flexibility index (Phi) is 18.1. The molecule has 0 aromatic carbocycles. The topological polar surface area (TPSA) is 204 Å². The zero-order valence-electron chi connectivity index (χ0n) is 34.4. The molecule has 0 heterocycles. The van der Waals surface area contributed by atoms with Crippen molar-refractivity contribution in [1.82, 2.24) is 0 Å². The summed E-state index contributed by atoms with van der Waals surface area (Å²) in [5.74, 6) is 4.96. The van der Waals surface area contributed by atoms with Gasteiger partial charge in [-0.05, 0) is 136 Å². The van der Waals surface area contributed by atoms with Gasteiger partial charge in [0.2, 0.25) is 13.1 Å². The second kappa shape index (κ2) is 21.4. The Labute approximate surface area is 365 Å². The summed E-state index contributed by atoms with van der Waals surface area (Å²) in [6.45, 7) is 4.76. The van der Waals surface area contributed by atoms with E-state index in [0.717, 1.165) is 62.7 Å². The highest BCUT2D eigenvalue weighted by molar-refractivity contribution is 5.88. The lowest BCUT2D eigenvalue weighted by Gasteiger charge is -2.51. The van der Waals surface area contributed by atoms with Crippen molar-refractivity contribution in [2.24, 2.45) is 81.2 Å². The predicted molar refractivity (Wildman–Crippen MR) is 241 cm³/mol. The minimum Gasteiger partial charge on any atom is -0.481 e. The van der Waals surface area contributed by atoms with Crippen LogP contribution < -0.4 is 5.73 Å². The fourth-order valence-electron chi connectivity index (χ4n) is 13.0. The molecule has 0 unspecified atom stereocenters. The largest absolute Gasteiger partial charge is 0.481 e. The number of carboxylic acids is 2. The van der Waals surface area contributed by atoms with E-state index in [1.807, 2.05) is 6.08 Å². The van der Waals surface area contributed by atoms with Crippen molar-refractivity contribution < 1.29 is 34.4 Å². The molecule has 12 nitrogen and oxygen atoms in total. The number of nitrogens with zero attached hydrogens (tertiary/aromatic N) is 2. The van der Waals surface area contributed by atoms with Crippen molar-refractivity contribution in [3.05, 3.63) is 80.5 Å². The lowest BCUT2D eigenvalue weighted by Crippen LogP contribution is -2.51. The third kappa shape index (κ3) is 10.8. The van der Waals surface area contributed by atoms with Crippen LogP contribution in [0.3, 0.4) is 0 Å². The number of rotatable bonds is 10. The zero-order valence-corrected chi connectivity index (χ0v) is 34.4. The number of Topliss-reactive ketones (excluding diaryl/α,β-unsaturated/α-hetero) is 1. The van der Waals surface area contributed by atoms with Gasteiger partial charge in [-0.2, -0.15) is 0 Å². The summed E-state index contributed by atoms with van der Waals surface area (Å²) in [5.41, 5.74) is 6.79. The molecule has 12 heteroatoms. The standard InChI is InChI=1S/C10H13NO4.C10H15NO2.C10H17NO2.C9H12.C7H8O.3CH4/c12-9(13)5-10(6-11(14)15)4-7-2-1-3-8(7)10;1-2-10(7-11(12)13)6-8-4-3-5-9(8)10;11-6-10(5-9(12)13)4-7-2-1-3-8(7)10;1-2-7-6-8-4-3-5-9(7)8;8-7-4-5-2-1-3-6(5)7;;;/h1-2,7-8H,3-6H2,(H,12,13);3-4,8-9H,2,5-7H2,1H3;7-8H,1-6,11H2,(H,12,13);2-4,8-9H,5-6H2,1H3;1-2,5-6H,3-4H2;3*1H4/t7-,8-,10-;8-,9-,10+;7-,8-,10-;8-,9+;5-,6-;;;/m11111.../s1. The molecule has 0 amide bonds. The summed E-state index contributed by atoms with van der Waals surface area (Å²) in [6, 6.07) is 0. The molecular formula is C49H77N3O9. The molecule has 0 saturated heterocycles. The summed E-state index contributed by atoms with van der Waals surface area (Å²) < 4.78 is 0. The number of aliphatic carboxylic acids is 2. The Morgan fingerprint density at radius 3 is 1.66 bits per heavy atom. The summed E-state index contributed by atoms with van der Waals surface area (Å²) in [6.07, 6.45) is 33.8. The van der Waals surface area contributed by atoms with Crippen molar-refractivity contribution in [2.45, 2.75) is 132 Å². The average Bonchev–Trinajstić information content (AvgIpc) is 3.98. The molecule has 0 aromatic heterocycles. The van der Waals surface area contributed by atoms with Crippen molar-refractivity contribution >= 4 is 17.7 Å². The van der Waals surface area contributed by atoms with E-state index in [1.54, 1.807) is 5.57 Å². The minimum absolute atomic E-state index is 0. The van der Waals surface area contributed by atoms with Gasteiger partial charge in [0.1, 0.15) is 5.78 Å². The van der Waals surface area contributed by atoms with E-state index in [1.165, 1.54) is 32.1 Å². The number of carboxylic acid groups (broad SMARTS) is 2. The van der Waals surface area contributed by atoms with Gasteiger partial charge in [0.05, 0.1) is 12.8 Å². The van der Waals surface area contributed by atoms with Crippen LogP contribution in [0.25, 0.3) is 0 Å². The Morgan fingerprint density at radius 1 is 0.721 bits per heavy atom. The number of hydrogen-bond donors (Lipinski definition) is 3. The quantitative estimate of drug-likeness (QED) is 0.108. The highest BCUT2D eigenvalue weighted by atomic mass is 16.6. The van der Waals surface area contributed by atoms with Crippen LogP contribution >= 0.6 is 0 Å². The van der Waals surface area contributed by atoms with Gasteiger partial charge in [0.15, 0.2) is 0 Å². The van der Waals surface area contributed by atoms with Crippen LogP contribution in [0.1, 0.15) is 132 Å². The van der Waals surface area contributed by atoms with Crippen molar-refractivity contribution in [2.75, 3.05) is 19.6 Å². The first kappa shape index (κ1) is 51.4. The number of carbonyl (C=O) groups is 3. The monoisotopic (exact) mass is 852 g/mol. The molecule has 6 fully saturated rings. The van der Waals surface area contributed by atoms with E-state index in [4.69, 9.17) is 15.9 Å². The summed E-state index contributed by atoms with van der Waals surface area (Å²) in [4.78, 5) is 52.7. The molecule has 10 aliphatic carbocycles. The molecule has 13 atom stereocenters. The van der Waals surface area contributed by atoms with Gasteiger partial charge in [-0.25, -0.2) is 0 Å². The van der Waals surface area contributed by atoms with Gasteiger partial charge in [0.25, 0.3) is 0 Å². The van der Waals surface area contributed by atoms with Gasteiger partial charge in [0, 0.05) is 33.0 Å². The number of allylic oxidation sites excluding steroid dienone is 10. The highest BCUT2D eigenvalue weighted by Gasteiger charge is 2.58. The van der Waals surface area contributed by atoms with Crippen molar-refractivity contribution in [1.29, 1.82) is 0 Å². The molecule has 0 spiro atoms. The van der Waals surface area contributed by atoms with Gasteiger partial charge >= 0.3 is 11.9 Å². The number of nitro groups is 2. The zero-order chi connectivity index (χ0) is 41.8. The summed E-state index contributed by atoms with van der Waals surface area (Å²) in [7, 11) is 0. The van der Waals surface area contributed by atoms with Crippen LogP contribution in [0.5, 0.6) is 0 Å². The van der Waals surface area contributed by atoms with Crippen LogP contribution in [0, 0.1) is 95.7 Å². The molecule has 10 aliphatic rings. The fourth-order valence-corrected chi connectivity index (χ4v) is 13.0. The van der Waals surface area contributed by atoms with Crippen LogP contribution in [0.15, 0.2) is 60.3 Å². The van der Waals surface area contributed by atoms with E-state index < -0.39 is 17.4 Å². The van der Waals surface area contributed by atoms with E-state index in [-0.39, 0.29) is 74.8 Å². The smallest absolute Gasteiger partial charge is 0.304 e.